The fourth-order valence-electron chi connectivity index (χ4n) is 2.96. The number of hydrogen-bond donors (Lipinski definition) is 1. The molecule has 2 aromatic carbocycles. The Morgan fingerprint density at radius 2 is 1.75 bits per heavy atom. The van der Waals surface area contributed by atoms with E-state index in [4.69, 9.17) is 0 Å². The van der Waals surface area contributed by atoms with E-state index in [1.807, 2.05) is 24.3 Å². The van der Waals surface area contributed by atoms with Gasteiger partial charge in [0.1, 0.15) is 6.04 Å². The van der Waals surface area contributed by atoms with Crippen molar-refractivity contribution in [3.8, 4) is 0 Å². The Morgan fingerprint density at radius 1 is 1.12 bits per heavy atom. The molecule has 9 heteroatoms. The van der Waals surface area contributed by atoms with Crippen molar-refractivity contribution < 1.29 is 14.5 Å². The number of non-ortho nitro benzene ring substituents is 1. The molecule has 2 amide bonds. The van der Waals surface area contributed by atoms with Crippen molar-refractivity contribution >= 4 is 45.2 Å². The number of hydrogen-bond acceptors (Lipinski definition) is 5. The van der Waals surface area contributed by atoms with Crippen LogP contribution in [0.15, 0.2) is 53.0 Å². The molecule has 7 nitrogen and oxygen atoms in total. The lowest BCUT2D eigenvalue weighted by molar-refractivity contribution is -0.384. The standard InChI is InChI=1S/C23H28BrN3O4S/c1-3-4-13-25-23(29)17(2)26(14-18-5-9-20(24)10-6-18)22(28)16-32-15-19-7-11-21(12-8-19)27(30)31/h5-12,17H,3-4,13-16H2,1-2H3,(H,25,29). The normalized spacial score (nSPS) is 11.6. The zero-order chi connectivity index (χ0) is 23.5. The Bertz CT molecular complexity index is 906. The summed E-state index contributed by atoms with van der Waals surface area (Å²) in [4.78, 5) is 37.6. The van der Waals surface area contributed by atoms with Crippen molar-refractivity contribution in [3.05, 3.63) is 74.2 Å². The van der Waals surface area contributed by atoms with Crippen LogP contribution in [-0.2, 0) is 21.9 Å². The summed E-state index contributed by atoms with van der Waals surface area (Å²) >= 11 is 4.83. The van der Waals surface area contributed by atoms with Gasteiger partial charge in [0.15, 0.2) is 0 Å². The highest BCUT2D eigenvalue weighted by atomic mass is 79.9. The molecule has 0 aliphatic rings. The Morgan fingerprint density at radius 3 is 2.34 bits per heavy atom. The van der Waals surface area contributed by atoms with Crippen molar-refractivity contribution in [3.63, 3.8) is 0 Å². The summed E-state index contributed by atoms with van der Waals surface area (Å²) in [5.41, 5.74) is 1.88. The number of amides is 2. The maximum atomic E-state index is 13.1. The van der Waals surface area contributed by atoms with Gasteiger partial charge in [-0.2, -0.15) is 0 Å². The minimum atomic E-state index is -0.594. The molecule has 2 rings (SSSR count). The van der Waals surface area contributed by atoms with Crippen LogP contribution >= 0.6 is 27.7 Å². The third-order valence-electron chi connectivity index (χ3n) is 4.90. The number of rotatable bonds is 12. The SMILES string of the molecule is CCCCNC(=O)C(C)N(Cc1ccc(Br)cc1)C(=O)CSCc1ccc([N+](=O)[O-])cc1. The lowest BCUT2D eigenvalue weighted by Crippen LogP contribution is -2.48. The van der Waals surface area contributed by atoms with E-state index in [9.17, 15) is 19.7 Å². The number of halogens is 1. The molecule has 0 spiro atoms. The van der Waals surface area contributed by atoms with Gasteiger partial charge >= 0.3 is 0 Å². The van der Waals surface area contributed by atoms with Crippen LogP contribution in [0.1, 0.15) is 37.8 Å². The Balaban J connectivity index is 2.02. The molecule has 0 heterocycles. The van der Waals surface area contributed by atoms with E-state index in [0.717, 1.165) is 28.4 Å². The average molecular weight is 522 g/mol. The summed E-state index contributed by atoms with van der Waals surface area (Å²) in [6, 6.07) is 13.4. The van der Waals surface area contributed by atoms with E-state index < -0.39 is 11.0 Å². The van der Waals surface area contributed by atoms with E-state index >= 15 is 0 Å². The minimum absolute atomic E-state index is 0.0402. The number of nitrogens with zero attached hydrogens (tertiary/aromatic N) is 2. The van der Waals surface area contributed by atoms with Crippen molar-refractivity contribution in [2.75, 3.05) is 12.3 Å². The number of carbonyl (C=O) groups is 2. The number of nitro benzene ring substituents is 1. The third kappa shape index (κ3) is 8.27. The number of nitrogens with one attached hydrogen (secondary N) is 1. The van der Waals surface area contributed by atoms with Crippen molar-refractivity contribution in [2.45, 2.75) is 45.0 Å². The number of thioether (sulfide) groups is 1. The molecule has 0 aliphatic heterocycles. The third-order valence-corrected chi connectivity index (χ3v) is 6.42. The fraction of sp³-hybridized carbons (Fsp3) is 0.391. The van der Waals surface area contributed by atoms with E-state index in [0.29, 0.717) is 18.8 Å². The van der Waals surface area contributed by atoms with Gasteiger partial charge in [0.2, 0.25) is 11.8 Å². The van der Waals surface area contributed by atoms with E-state index in [-0.39, 0.29) is 23.3 Å². The summed E-state index contributed by atoms with van der Waals surface area (Å²) in [5, 5.41) is 13.7. The second kappa shape index (κ2) is 13.2. The number of carbonyl (C=O) groups excluding carboxylic acids is 2. The van der Waals surface area contributed by atoms with Crippen molar-refractivity contribution in [1.29, 1.82) is 0 Å². The van der Waals surface area contributed by atoms with Crippen LogP contribution in [0.2, 0.25) is 0 Å². The first-order valence-electron chi connectivity index (χ1n) is 10.4. The molecule has 0 bridgehead atoms. The van der Waals surface area contributed by atoms with Crippen LogP contribution in [0.5, 0.6) is 0 Å². The summed E-state index contributed by atoms with van der Waals surface area (Å²) in [6.45, 7) is 4.74. The molecular weight excluding hydrogens is 494 g/mol. The van der Waals surface area contributed by atoms with E-state index in [1.54, 1.807) is 24.0 Å². The molecule has 172 valence electrons. The molecule has 2 aromatic rings. The van der Waals surface area contributed by atoms with Crippen LogP contribution in [0, 0.1) is 10.1 Å². The van der Waals surface area contributed by atoms with Gasteiger partial charge in [-0.1, -0.05) is 53.5 Å². The van der Waals surface area contributed by atoms with E-state index in [2.05, 4.69) is 28.2 Å². The first-order chi connectivity index (χ1) is 15.3. The molecule has 1 atom stereocenters. The van der Waals surface area contributed by atoms with Gasteiger partial charge in [-0.05, 0) is 36.6 Å². The maximum Gasteiger partial charge on any atom is 0.269 e. The summed E-state index contributed by atoms with van der Waals surface area (Å²) in [7, 11) is 0. The van der Waals surface area contributed by atoms with Crippen molar-refractivity contribution in [1.82, 2.24) is 10.2 Å². The molecule has 1 unspecified atom stereocenters. The van der Waals surface area contributed by atoms with Gasteiger partial charge < -0.3 is 10.2 Å². The molecule has 0 aromatic heterocycles. The highest BCUT2D eigenvalue weighted by Crippen LogP contribution is 2.19. The van der Waals surface area contributed by atoms with Crippen LogP contribution in [-0.4, -0.2) is 40.0 Å². The summed E-state index contributed by atoms with van der Waals surface area (Å²) in [5.74, 6) is 0.467. The van der Waals surface area contributed by atoms with Gasteiger partial charge in [-0.15, -0.1) is 11.8 Å². The maximum absolute atomic E-state index is 13.1. The van der Waals surface area contributed by atoms with E-state index in [1.165, 1.54) is 23.9 Å². The van der Waals surface area contributed by atoms with Crippen LogP contribution in [0.4, 0.5) is 5.69 Å². The quantitative estimate of drug-likeness (QED) is 0.243. The molecule has 0 fully saturated rings. The Labute approximate surface area is 201 Å². The van der Waals surface area contributed by atoms with Gasteiger partial charge in [0.05, 0.1) is 10.7 Å². The zero-order valence-electron chi connectivity index (χ0n) is 18.3. The highest BCUT2D eigenvalue weighted by Gasteiger charge is 2.25. The number of benzene rings is 2. The topological polar surface area (TPSA) is 92.6 Å². The fourth-order valence-corrected chi connectivity index (χ4v) is 4.09. The zero-order valence-corrected chi connectivity index (χ0v) is 20.7. The predicted octanol–water partition coefficient (Wildman–Crippen LogP) is 4.92. The lowest BCUT2D eigenvalue weighted by Gasteiger charge is -2.29. The predicted molar refractivity (Wildman–Crippen MR) is 131 cm³/mol. The summed E-state index contributed by atoms with van der Waals surface area (Å²) < 4.78 is 0.947. The van der Waals surface area contributed by atoms with Gasteiger partial charge in [0.25, 0.3) is 5.69 Å². The minimum Gasteiger partial charge on any atom is -0.354 e. The van der Waals surface area contributed by atoms with Crippen LogP contribution in [0.25, 0.3) is 0 Å². The van der Waals surface area contributed by atoms with Gasteiger partial charge in [0, 0.05) is 35.4 Å². The number of unbranched alkanes of at least 4 members (excludes halogenated alkanes) is 1. The second-order valence-electron chi connectivity index (χ2n) is 7.39. The van der Waals surface area contributed by atoms with Crippen LogP contribution < -0.4 is 5.32 Å². The molecule has 1 N–H and O–H groups in total. The first kappa shape index (κ1) is 25.9. The largest absolute Gasteiger partial charge is 0.354 e. The molecule has 0 aliphatic carbocycles. The molecular formula is C23H28BrN3O4S. The Hall–Kier alpha value is -2.39. The Kier molecular flexibility index (Phi) is 10.7. The first-order valence-corrected chi connectivity index (χ1v) is 12.4. The molecule has 0 saturated carbocycles. The second-order valence-corrected chi connectivity index (χ2v) is 9.29. The molecule has 0 saturated heterocycles. The number of nitro groups is 1. The monoisotopic (exact) mass is 521 g/mol. The highest BCUT2D eigenvalue weighted by molar-refractivity contribution is 9.10. The lowest BCUT2D eigenvalue weighted by atomic mass is 10.1. The molecule has 0 radical (unpaired) electrons. The molecule has 32 heavy (non-hydrogen) atoms. The summed E-state index contributed by atoms with van der Waals surface area (Å²) in [6.07, 6.45) is 1.87. The smallest absolute Gasteiger partial charge is 0.269 e. The van der Waals surface area contributed by atoms with Gasteiger partial charge in [-0.25, -0.2) is 0 Å². The van der Waals surface area contributed by atoms with Crippen LogP contribution in [0.3, 0.4) is 0 Å². The van der Waals surface area contributed by atoms with Gasteiger partial charge in [-0.3, -0.25) is 19.7 Å². The average Bonchev–Trinajstić information content (AvgIpc) is 2.78. The van der Waals surface area contributed by atoms with Crippen molar-refractivity contribution in [2.24, 2.45) is 0 Å².